The molecule has 1 unspecified atom stereocenters. The molecule has 4 aromatic rings. The fraction of sp³-hybridized carbons (Fsp3) is 0.226. The molecule has 182 valence electrons. The lowest BCUT2D eigenvalue weighted by atomic mass is 10.0. The van der Waals surface area contributed by atoms with Gasteiger partial charge >= 0.3 is 0 Å². The second-order valence-corrected chi connectivity index (χ2v) is 14.7. The highest BCUT2D eigenvalue weighted by atomic mass is 28.4. The van der Waals surface area contributed by atoms with Crippen LogP contribution < -0.4 is 20.3 Å². The van der Waals surface area contributed by atoms with Crippen molar-refractivity contribution in [2.75, 3.05) is 5.32 Å². The van der Waals surface area contributed by atoms with Crippen LogP contribution in [0.3, 0.4) is 0 Å². The minimum Gasteiger partial charge on any atom is -0.400 e. The first-order valence-corrected chi connectivity index (χ1v) is 14.4. The van der Waals surface area contributed by atoms with Crippen LogP contribution in [-0.2, 0) is 15.8 Å². The van der Waals surface area contributed by atoms with Gasteiger partial charge in [0.2, 0.25) is 5.91 Å². The van der Waals surface area contributed by atoms with Crippen LogP contribution in [0.2, 0.25) is 5.04 Å². The maximum absolute atomic E-state index is 12.9. The number of rotatable bonds is 6. The summed E-state index contributed by atoms with van der Waals surface area (Å²) in [6.07, 6.45) is 4.10. The van der Waals surface area contributed by atoms with Crippen LogP contribution in [0.1, 0.15) is 44.4 Å². The summed E-state index contributed by atoms with van der Waals surface area (Å²) >= 11 is 0. The molecule has 0 bridgehead atoms. The van der Waals surface area contributed by atoms with Crippen molar-refractivity contribution in [3.8, 4) is 0 Å². The Bertz CT molecular complexity index is 1300. The molecule has 1 aromatic heterocycles. The quantitative estimate of drug-likeness (QED) is 0.304. The zero-order chi connectivity index (χ0) is 25.2. The van der Waals surface area contributed by atoms with Gasteiger partial charge in [-0.05, 0) is 15.4 Å². The summed E-state index contributed by atoms with van der Waals surface area (Å²) in [6.45, 7) is 7.54. The van der Waals surface area contributed by atoms with Gasteiger partial charge in [0.1, 0.15) is 5.69 Å². The van der Waals surface area contributed by atoms with Crippen LogP contribution in [0.25, 0.3) is 0 Å². The fourth-order valence-corrected chi connectivity index (χ4v) is 9.97. The van der Waals surface area contributed by atoms with Crippen molar-refractivity contribution >= 4 is 30.3 Å². The highest BCUT2D eigenvalue weighted by molar-refractivity contribution is 6.99. The van der Waals surface area contributed by atoms with Crippen LogP contribution in [-0.4, -0.2) is 14.2 Å². The second kappa shape index (κ2) is 9.84. The molecule has 1 atom stereocenters. The van der Waals surface area contributed by atoms with Gasteiger partial charge in [-0.2, -0.15) is 4.57 Å². The lowest BCUT2D eigenvalue weighted by Crippen LogP contribution is -2.67. The maximum atomic E-state index is 12.9. The molecule has 3 aromatic carbocycles. The van der Waals surface area contributed by atoms with Crippen LogP contribution in [0.4, 0.5) is 5.69 Å². The number of benzene rings is 3. The largest absolute Gasteiger partial charge is 0.400 e. The summed E-state index contributed by atoms with van der Waals surface area (Å²) in [7, 11) is -2.80. The number of carbonyl (C=O) groups is 1. The van der Waals surface area contributed by atoms with E-state index in [0.717, 1.165) is 17.8 Å². The lowest BCUT2D eigenvalue weighted by Gasteiger charge is -2.45. The third-order valence-corrected chi connectivity index (χ3v) is 12.0. The van der Waals surface area contributed by atoms with Gasteiger partial charge in [-0.3, -0.25) is 4.79 Å². The van der Waals surface area contributed by atoms with Crippen LogP contribution in [0.5, 0.6) is 0 Å². The first kappa shape index (κ1) is 24.2. The number of hydrogen-bond acceptors (Lipinski definition) is 2. The van der Waals surface area contributed by atoms with Gasteiger partial charge in [-0.1, -0.05) is 112 Å². The van der Waals surface area contributed by atoms with E-state index in [2.05, 4.69) is 104 Å². The number of hydrogen-bond donors (Lipinski definition) is 1. The molecule has 0 spiro atoms. The van der Waals surface area contributed by atoms with E-state index in [-0.39, 0.29) is 17.0 Å². The van der Waals surface area contributed by atoms with Crippen molar-refractivity contribution in [2.45, 2.75) is 44.9 Å². The molecule has 1 amide bonds. The number of pyridine rings is 1. The van der Waals surface area contributed by atoms with Crippen molar-refractivity contribution in [3.63, 3.8) is 0 Å². The smallest absolute Gasteiger partial charge is 0.261 e. The normalized spacial score (nSPS) is 15.8. The zero-order valence-corrected chi connectivity index (χ0v) is 22.1. The molecular weight excluding hydrogens is 460 g/mol. The number of anilines is 1. The molecule has 0 saturated heterocycles. The summed E-state index contributed by atoms with van der Waals surface area (Å²) in [5, 5.41) is 5.36. The molecule has 1 aliphatic heterocycles. The second-order valence-electron chi connectivity index (χ2n) is 10.5. The summed E-state index contributed by atoms with van der Waals surface area (Å²) < 4.78 is 9.45. The number of nitrogens with zero attached hydrogens (tertiary/aromatic N) is 1. The van der Waals surface area contributed by atoms with Gasteiger partial charge in [0.15, 0.2) is 18.9 Å². The van der Waals surface area contributed by atoms with Gasteiger partial charge < -0.3 is 9.74 Å². The highest BCUT2D eigenvalue weighted by Crippen LogP contribution is 2.42. The van der Waals surface area contributed by atoms with E-state index < -0.39 is 8.32 Å². The first-order chi connectivity index (χ1) is 17.4. The van der Waals surface area contributed by atoms with E-state index in [1.165, 1.54) is 15.9 Å². The minimum atomic E-state index is -2.80. The van der Waals surface area contributed by atoms with Gasteiger partial charge in [0, 0.05) is 17.2 Å². The summed E-state index contributed by atoms with van der Waals surface area (Å²) in [6, 6.07) is 33.6. The number of carbonyl (C=O) groups excluding carboxylic acids is 1. The average Bonchev–Trinajstić information content (AvgIpc) is 2.88. The fourth-order valence-electron chi connectivity index (χ4n) is 5.32. The van der Waals surface area contributed by atoms with E-state index in [1.54, 1.807) is 0 Å². The Morgan fingerprint density at radius 3 is 1.97 bits per heavy atom. The van der Waals surface area contributed by atoms with E-state index in [4.69, 9.17) is 4.43 Å². The molecule has 4 nitrogen and oxygen atoms in total. The Balaban J connectivity index is 1.58. The van der Waals surface area contributed by atoms with Crippen molar-refractivity contribution in [1.82, 2.24) is 0 Å². The monoisotopic (exact) mass is 493 g/mol. The van der Waals surface area contributed by atoms with E-state index in [1.807, 2.05) is 36.5 Å². The summed E-state index contributed by atoms with van der Waals surface area (Å²) in [4.78, 5) is 12.9. The standard InChI is InChI=1S/C31H32N2O2Si/c1-31(2,3)36(25-15-9-5-10-16-25,26-17-11-6-12-18-26)35-29-21-30(34)32-28-23-33(20-19-27(28)29)22-24-13-7-4-8-14-24/h4-20,23,29H,21-22H2,1-3H3/p+1. The molecule has 0 radical (unpaired) electrons. The molecule has 1 aliphatic rings. The van der Waals surface area contributed by atoms with Crippen LogP contribution in [0.15, 0.2) is 109 Å². The van der Waals surface area contributed by atoms with Crippen molar-refractivity contribution < 1.29 is 13.8 Å². The van der Waals surface area contributed by atoms with Gasteiger partial charge in [-0.25, -0.2) is 0 Å². The Hall–Kier alpha value is -3.54. The SMILES string of the molecule is CC(C)(C)[Si](OC1CC(=O)Nc2c[n+](Cc3ccccc3)ccc21)(c1ccccc1)c1ccccc1. The highest BCUT2D eigenvalue weighted by Gasteiger charge is 2.52. The molecule has 5 heteroatoms. The third-order valence-electron chi connectivity index (χ3n) is 6.99. The topological polar surface area (TPSA) is 42.2 Å². The van der Waals surface area contributed by atoms with Gasteiger partial charge in [0.05, 0.1) is 12.5 Å². The first-order valence-electron chi connectivity index (χ1n) is 12.5. The van der Waals surface area contributed by atoms with Crippen molar-refractivity contribution in [3.05, 3.63) is 121 Å². The third kappa shape index (κ3) is 4.64. The summed E-state index contributed by atoms with van der Waals surface area (Å²) in [5.41, 5.74) is 3.07. The molecule has 1 N–H and O–H groups in total. The van der Waals surface area contributed by atoms with Crippen LogP contribution in [0, 0.1) is 0 Å². The predicted octanol–water partition coefficient (Wildman–Crippen LogP) is 4.98. The number of nitrogens with one attached hydrogen (secondary N) is 1. The molecule has 5 rings (SSSR count). The Morgan fingerprint density at radius 1 is 0.861 bits per heavy atom. The van der Waals surface area contributed by atoms with E-state index >= 15 is 0 Å². The Labute approximate surface area is 214 Å². The average molecular weight is 494 g/mol. The van der Waals surface area contributed by atoms with E-state index in [0.29, 0.717) is 6.42 Å². The summed E-state index contributed by atoms with van der Waals surface area (Å²) in [5.74, 6) is -0.0112. The van der Waals surface area contributed by atoms with E-state index in [9.17, 15) is 4.79 Å². The van der Waals surface area contributed by atoms with Crippen molar-refractivity contribution in [1.29, 1.82) is 0 Å². The molecule has 0 fully saturated rings. The Morgan fingerprint density at radius 2 is 1.42 bits per heavy atom. The predicted molar refractivity (Wildman–Crippen MR) is 147 cm³/mol. The number of fused-ring (bicyclic) bond motifs is 1. The lowest BCUT2D eigenvalue weighted by molar-refractivity contribution is -0.687. The molecule has 0 aliphatic carbocycles. The van der Waals surface area contributed by atoms with Crippen LogP contribution >= 0.6 is 0 Å². The van der Waals surface area contributed by atoms with Crippen molar-refractivity contribution in [2.24, 2.45) is 0 Å². The number of amides is 1. The number of aromatic nitrogens is 1. The molecule has 36 heavy (non-hydrogen) atoms. The molecule has 0 saturated carbocycles. The van der Waals surface area contributed by atoms with Gasteiger partial charge in [0.25, 0.3) is 8.32 Å². The molecule has 2 heterocycles. The Kier molecular flexibility index (Phi) is 6.60. The minimum absolute atomic E-state index is 0.0112. The zero-order valence-electron chi connectivity index (χ0n) is 21.1. The molecular formula is C31H33N2O2Si+. The van der Waals surface area contributed by atoms with Gasteiger partial charge in [-0.15, -0.1) is 0 Å². The maximum Gasteiger partial charge on any atom is 0.261 e.